The number of carbonyl (C=O) groups excluding carboxylic acids is 1. The summed E-state index contributed by atoms with van der Waals surface area (Å²) in [5, 5.41) is 3.78. The number of rotatable bonds is 6. The summed E-state index contributed by atoms with van der Waals surface area (Å²) in [6.45, 7) is 1.72. The average molecular weight is 436 g/mol. The van der Waals surface area contributed by atoms with Crippen LogP contribution in [0.3, 0.4) is 0 Å². The number of benzene rings is 2. The van der Waals surface area contributed by atoms with Crippen LogP contribution in [0.25, 0.3) is 0 Å². The highest BCUT2D eigenvalue weighted by Crippen LogP contribution is 2.29. The second kappa shape index (κ2) is 8.48. The van der Waals surface area contributed by atoms with Crippen molar-refractivity contribution >= 4 is 62.1 Å². The quantitative estimate of drug-likeness (QED) is 0.706. The number of anilines is 2. The third-order valence-corrected chi connectivity index (χ3v) is 5.41. The zero-order valence-electron chi connectivity index (χ0n) is 14.0. The Bertz CT molecular complexity index is 882. The van der Waals surface area contributed by atoms with Gasteiger partial charge in [-0.2, -0.15) is 0 Å². The maximum Gasteiger partial charge on any atom is 0.248 e. The molecule has 1 atom stereocenters. The molecule has 5 nitrogen and oxygen atoms in total. The molecule has 0 saturated carbocycles. The Labute approximate surface area is 167 Å². The number of carbonyl (C=O) groups is 1. The largest absolute Gasteiger partial charge is 0.324 e. The van der Waals surface area contributed by atoms with Gasteiger partial charge in [0.1, 0.15) is 6.04 Å². The molecule has 0 spiro atoms. The van der Waals surface area contributed by atoms with Gasteiger partial charge in [0.15, 0.2) is 0 Å². The van der Waals surface area contributed by atoms with E-state index in [0.29, 0.717) is 10.7 Å². The van der Waals surface area contributed by atoms with Crippen molar-refractivity contribution in [3.63, 3.8) is 0 Å². The van der Waals surface area contributed by atoms with Gasteiger partial charge in [0.05, 0.1) is 11.9 Å². The molecule has 0 aliphatic heterocycles. The van der Waals surface area contributed by atoms with Crippen LogP contribution < -0.4 is 9.62 Å². The Morgan fingerprint density at radius 1 is 1.04 bits per heavy atom. The van der Waals surface area contributed by atoms with Gasteiger partial charge >= 0.3 is 0 Å². The number of halogens is 3. The van der Waals surface area contributed by atoms with Crippen molar-refractivity contribution in [2.24, 2.45) is 0 Å². The Kier molecular flexibility index (Phi) is 6.80. The third-order valence-electron chi connectivity index (χ3n) is 3.54. The van der Waals surface area contributed by atoms with Crippen LogP contribution in [0.15, 0.2) is 42.5 Å². The molecule has 1 amide bonds. The summed E-state index contributed by atoms with van der Waals surface area (Å²) in [4.78, 5) is 12.7. The molecule has 26 heavy (non-hydrogen) atoms. The summed E-state index contributed by atoms with van der Waals surface area (Å²) in [7, 11) is -3.77. The Morgan fingerprint density at radius 2 is 1.58 bits per heavy atom. The van der Waals surface area contributed by atoms with Gasteiger partial charge in [-0.1, -0.05) is 41.7 Å². The third kappa shape index (κ3) is 5.27. The van der Waals surface area contributed by atoms with Crippen molar-refractivity contribution < 1.29 is 13.2 Å². The average Bonchev–Trinajstić information content (AvgIpc) is 2.52. The lowest BCUT2D eigenvalue weighted by Crippen LogP contribution is -2.47. The first kappa shape index (κ1) is 20.8. The van der Waals surface area contributed by atoms with Crippen LogP contribution in [0, 0.1) is 0 Å². The smallest absolute Gasteiger partial charge is 0.248 e. The summed E-state index contributed by atoms with van der Waals surface area (Å²) >= 11 is 17.8. The molecule has 0 saturated heterocycles. The number of amides is 1. The molecule has 2 aromatic carbocycles. The summed E-state index contributed by atoms with van der Waals surface area (Å²) in [6, 6.07) is 9.94. The van der Waals surface area contributed by atoms with Gasteiger partial charge in [-0.3, -0.25) is 9.10 Å². The lowest BCUT2D eigenvalue weighted by molar-refractivity contribution is -0.117. The van der Waals surface area contributed by atoms with Crippen molar-refractivity contribution in [3.05, 3.63) is 57.5 Å². The topological polar surface area (TPSA) is 66.5 Å². The molecule has 1 N–H and O–H groups in total. The van der Waals surface area contributed by atoms with Crippen molar-refractivity contribution in [2.75, 3.05) is 15.9 Å². The van der Waals surface area contributed by atoms with Crippen LogP contribution in [0.4, 0.5) is 11.4 Å². The molecule has 0 aromatic heterocycles. The highest BCUT2D eigenvalue weighted by molar-refractivity contribution is 7.92. The highest BCUT2D eigenvalue weighted by atomic mass is 35.5. The maximum absolute atomic E-state index is 12.7. The van der Waals surface area contributed by atoms with E-state index in [1.165, 1.54) is 18.2 Å². The van der Waals surface area contributed by atoms with Gasteiger partial charge in [-0.25, -0.2) is 8.42 Å². The molecular weight excluding hydrogens is 419 g/mol. The van der Waals surface area contributed by atoms with Crippen molar-refractivity contribution in [3.8, 4) is 0 Å². The SMILES string of the molecule is CC[C@H](C(=O)Nc1ccc(Cl)cc1)N(c1cc(Cl)cc(Cl)c1)S(C)(=O)=O. The highest BCUT2D eigenvalue weighted by Gasteiger charge is 2.32. The summed E-state index contributed by atoms with van der Waals surface area (Å²) in [6.07, 6.45) is 1.27. The maximum atomic E-state index is 12.7. The number of hydrogen-bond acceptors (Lipinski definition) is 3. The molecule has 0 heterocycles. The molecule has 2 rings (SSSR count). The van der Waals surface area contributed by atoms with Crippen LogP contribution in [0.2, 0.25) is 15.1 Å². The van der Waals surface area contributed by atoms with E-state index < -0.39 is 22.0 Å². The van der Waals surface area contributed by atoms with Crippen molar-refractivity contribution in [1.29, 1.82) is 0 Å². The van der Waals surface area contributed by atoms with E-state index in [1.807, 2.05) is 0 Å². The van der Waals surface area contributed by atoms with Gasteiger partial charge in [0, 0.05) is 20.8 Å². The summed E-state index contributed by atoms with van der Waals surface area (Å²) in [5.41, 5.74) is 0.735. The van der Waals surface area contributed by atoms with E-state index in [0.717, 1.165) is 10.6 Å². The van der Waals surface area contributed by atoms with Crippen LogP contribution in [-0.4, -0.2) is 26.6 Å². The molecule has 0 radical (unpaired) electrons. The van der Waals surface area contributed by atoms with Crippen LogP contribution in [0.5, 0.6) is 0 Å². The molecule has 140 valence electrons. The van der Waals surface area contributed by atoms with Gasteiger partial charge in [0.2, 0.25) is 15.9 Å². The molecule has 9 heteroatoms. The van der Waals surface area contributed by atoms with E-state index >= 15 is 0 Å². The van der Waals surface area contributed by atoms with Crippen molar-refractivity contribution in [2.45, 2.75) is 19.4 Å². The molecule has 0 aliphatic rings. The van der Waals surface area contributed by atoms with Crippen LogP contribution >= 0.6 is 34.8 Å². The predicted octanol–water partition coefficient (Wildman–Crippen LogP) is 4.83. The first-order valence-electron chi connectivity index (χ1n) is 7.63. The number of nitrogens with one attached hydrogen (secondary N) is 1. The minimum atomic E-state index is -3.77. The normalized spacial score (nSPS) is 12.5. The number of hydrogen-bond donors (Lipinski definition) is 1. The van der Waals surface area contributed by atoms with E-state index in [-0.39, 0.29) is 22.2 Å². The first-order chi connectivity index (χ1) is 12.1. The van der Waals surface area contributed by atoms with E-state index in [1.54, 1.807) is 31.2 Å². The molecule has 0 bridgehead atoms. The zero-order chi connectivity index (χ0) is 19.5. The second-order valence-corrected chi connectivity index (χ2v) is 8.78. The Morgan fingerprint density at radius 3 is 2.04 bits per heavy atom. The van der Waals surface area contributed by atoms with E-state index in [2.05, 4.69) is 5.32 Å². The van der Waals surface area contributed by atoms with Gasteiger partial charge in [-0.05, 0) is 48.9 Å². The van der Waals surface area contributed by atoms with E-state index in [4.69, 9.17) is 34.8 Å². The number of sulfonamides is 1. The fourth-order valence-electron chi connectivity index (χ4n) is 2.49. The minimum Gasteiger partial charge on any atom is -0.324 e. The molecule has 0 fully saturated rings. The minimum absolute atomic E-state index is 0.225. The fraction of sp³-hybridized carbons (Fsp3) is 0.235. The van der Waals surface area contributed by atoms with Gasteiger partial charge in [0.25, 0.3) is 0 Å². The molecular formula is C17H17Cl3N2O3S. The first-order valence-corrected chi connectivity index (χ1v) is 10.6. The monoisotopic (exact) mass is 434 g/mol. The lowest BCUT2D eigenvalue weighted by Gasteiger charge is -2.30. The van der Waals surface area contributed by atoms with Crippen LogP contribution in [-0.2, 0) is 14.8 Å². The van der Waals surface area contributed by atoms with Crippen molar-refractivity contribution in [1.82, 2.24) is 0 Å². The van der Waals surface area contributed by atoms with Crippen LogP contribution in [0.1, 0.15) is 13.3 Å². The number of nitrogens with zero attached hydrogens (tertiary/aromatic N) is 1. The van der Waals surface area contributed by atoms with E-state index in [9.17, 15) is 13.2 Å². The predicted molar refractivity (Wildman–Crippen MR) is 108 cm³/mol. The summed E-state index contributed by atoms with van der Waals surface area (Å²) < 4.78 is 25.8. The Balaban J connectivity index is 2.40. The van der Waals surface area contributed by atoms with Gasteiger partial charge in [-0.15, -0.1) is 0 Å². The molecule has 2 aromatic rings. The molecule has 0 aliphatic carbocycles. The lowest BCUT2D eigenvalue weighted by atomic mass is 10.2. The standard InChI is InChI=1S/C17H17Cl3N2O3S/c1-3-16(17(23)21-14-6-4-11(18)5-7-14)22(26(2,24)25)15-9-12(19)8-13(20)10-15/h4-10,16H,3H2,1-2H3,(H,21,23)/t16-/m1/s1. The molecule has 0 unspecified atom stereocenters. The van der Waals surface area contributed by atoms with Gasteiger partial charge < -0.3 is 5.32 Å². The summed E-state index contributed by atoms with van der Waals surface area (Å²) in [5.74, 6) is -0.476. The second-order valence-electron chi connectivity index (χ2n) is 5.61. The Hall–Kier alpha value is -1.47. The zero-order valence-corrected chi connectivity index (χ0v) is 17.1. The fourth-order valence-corrected chi connectivity index (χ4v) is 4.32.